The van der Waals surface area contributed by atoms with E-state index in [1.165, 1.54) is 38.5 Å². The lowest BCUT2D eigenvalue weighted by molar-refractivity contribution is 0.203. The first kappa shape index (κ1) is 20.0. The minimum atomic E-state index is 0.848. The van der Waals surface area contributed by atoms with Crippen molar-refractivity contribution >= 4 is 0 Å². The summed E-state index contributed by atoms with van der Waals surface area (Å²) in [6.45, 7) is 19.5. The Morgan fingerprint density at radius 1 is 0.818 bits per heavy atom. The fourth-order valence-electron chi connectivity index (χ4n) is 5.02. The summed E-state index contributed by atoms with van der Waals surface area (Å²) in [5, 5.41) is 0. The fourth-order valence-corrected chi connectivity index (χ4v) is 5.02. The van der Waals surface area contributed by atoms with Crippen molar-refractivity contribution in [1.29, 1.82) is 0 Å². The van der Waals surface area contributed by atoms with Gasteiger partial charge in [-0.15, -0.1) is 0 Å². The second-order valence-electron chi connectivity index (χ2n) is 9.14. The molecule has 0 aromatic carbocycles. The SMILES string of the molecule is CCC(C)C(C)C1CC1CCC(C)C(CC)C(C)CC(C)C. The molecule has 22 heavy (non-hydrogen) atoms. The second kappa shape index (κ2) is 9.33. The summed E-state index contributed by atoms with van der Waals surface area (Å²) >= 11 is 0. The molecule has 0 heteroatoms. The Balaban J connectivity index is 2.35. The van der Waals surface area contributed by atoms with Crippen LogP contribution in [0.5, 0.6) is 0 Å². The molecule has 0 nitrogen and oxygen atoms in total. The Hall–Kier alpha value is 0. The van der Waals surface area contributed by atoms with Gasteiger partial charge in [0.2, 0.25) is 0 Å². The Morgan fingerprint density at radius 3 is 1.95 bits per heavy atom. The van der Waals surface area contributed by atoms with E-state index in [1.54, 1.807) is 0 Å². The molecule has 132 valence electrons. The molecule has 1 rings (SSSR count). The molecule has 0 heterocycles. The minimum Gasteiger partial charge on any atom is -0.0651 e. The van der Waals surface area contributed by atoms with Crippen LogP contribution in [0, 0.1) is 47.3 Å². The Morgan fingerprint density at radius 2 is 1.45 bits per heavy atom. The van der Waals surface area contributed by atoms with E-state index in [2.05, 4.69) is 55.4 Å². The van der Waals surface area contributed by atoms with Gasteiger partial charge in [-0.25, -0.2) is 0 Å². The molecule has 0 aromatic rings. The van der Waals surface area contributed by atoms with Crippen LogP contribution in [-0.2, 0) is 0 Å². The highest BCUT2D eigenvalue weighted by Gasteiger charge is 2.42. The highest BCUT2D eigenvalue weighted by molar-refractivity contribution is 4.91. The van der Waals surface area contributed by atoms with Crippen molar-refractivity contribution in [2.24, 2.45) is 47.3 Å². The van der Waals surface area contributed by atoms with Gasteiger partial charge in [-0.1, -0.05) is 74.7 Å². The predicted octanol–water partition coefficient (Wildman–Crippen LogP) is 7.43. The third-order valence-electron chi connectivity index (χ3n) is 6.96. The van der Waals surface area contributed by atoms with E-state index >= 15 is 0 Å². The van der Waals surface area contributed by atoms with Crippen LogP contribution < -0.4 is 0 Å². The highest BCUT2D eigenvalue weighted by Crippen LogP contribution is 2.50. The molecule has 0 N–H and O–H groups in total. The molecule has 1 saturated carbocycles. The number of hydrogen-bond donors (Lipinski definition) is 0. The van der Waals surface area contributed by atoms with Crippen LogP contribution in [0.3, 0.4) is 0 Å². The zero-order chi connectivity index (χ0) is 16.9. The van der Waals surface area contributed by atoms with Crippen LogP contribution in [-0.4, -0.2) is 0 Å². The molecule has 0 spiro atoms. The molecule has 0 saturated heterocycles. The third kappa shape index (κ3) is 5.89. The third-order valence-corrected chi connectivity index (χ3v) is 6.96. The van der Waals surface area contributed by atoms with Crippen molar-refractivity contribution in [2.45, 2.75) is 93.9 Å². The molecule has 0 radical (unpaired) electrons. The maximum atomic E-state index is 2.53. The van der Waals surface area contributed by atoms with Gasteiger partial charge in [-0.2, -0.15) is 0 Å². The summed E-state index contributed by atoms with van der Waals surface area (Å²) in [4.78, 5) is 0. The molecule has 7 unspecified atom stereocenters. The second-order valence-corrected chi connectivity index (χ2v) is 9.14. The molecule has 0 aromatic heterocycles. The van der Waals surface area contributed by atoms with Gasteiger partial charge in [0.25, 0.3) is 0 Å². The number of hydrogen-bond acceptors (Lipinski definition) is 0. The summed E-state index contributed by atoms with van der Waals surface area (Å²) in [6.07, 6.45) is 8.61. The molecule has 0 aliphatic heterocycles. The smallest absolute Gasteiger partial charge is 0.0355 e. The van der Waals surface area contributed by atoms with Gasteiger partial charge in [0.1, 0.15) is 0 Å². The van der Waals surface area contributed by atoms with Crippen LogP contribution >= 0.6 is 0 Å². The Kier molecular flexibility index (Phi) is 8.50. The Bertz CT molecular complexity index is 292. The topological polar surface area (TPSA) is 0 Å². The lowest BCUT2D eigenvalue weighted by Crippen LogP contribution is -2.21. The lowest BCUT2D eigenvalue weighted by atomic mass is 9.76. The van der Waals surface area contributed by atoms with Gasteiger partial charge in [-0.05, 0) is 66.6 Å². The molecular weight excluding hydrogens is 264 g/mol. The first-order chi connectivity index (χ1) is 10.3. The molecule has 1 fully saturated rings. The van der Waals surface area contributed by atoms with Crippen LogP contribution in [0.15, 0.2) is 0 Å². The van der Waals surface area contributed by atoms with Gasteiger partial charge in [0, 0.05) is 0 Å². The molecule has 0 amide bonds. The van der Waals surface area contributed by atoms with Gasteiger partial charge in [0.05, 0.1) is 0 Å². The fraction of sp³-hybridized carbons (Fsp3) is 1.00. The average molecular weight is 309 g/mol. The number of rotatable bonds is 11. The summed E-state index contributed by atoms with van der Waals surface area (Å²) in [5.74, 6) is 7.58. The lowest BCUT2D eigenvalue weighted by Gasteiger charge is -2.30. The normalized spacial score (nSPS) is 28.2. The summed E-state index contributed by atoms with van der Waals surface area (Å²) in [7, 11) is 0. The zero-order valence-corrected chi connectivity index (χ0v) is 16.9. The van der Waals surface area contributed by atoms with E-state index in [4.69, 9.17) is 0 Å². The van der Waals surface area contributed by atoms with Crippen LogP contribution in [0.25, 0.3) is 0 Å². The van der Waals surface area contributed by atoms with E-state index in [0.717, 1.165) is 47.3 Å². The largest absolute Gasteiger partial charge is 0.0651 e. The van der Waals surface area contributed by atoms with Crippen molar-refractivity contribution in [3.63, 3.8) is 0 Å². The molecule has 1 aliphatic carbocycles. The summed E-state index contributed by atoms with van der Waals surface area (Å²) < 4.78 is 0. The molecule has 0 bridgehead atoms. The minimum absolute atomic E-state index is 0.848. The quantitative estimate of drug-likeness (QED) is 0.372. The summed E-state index contributed by atoms with van der Waals surface area (Å²) in [6, 6.07) is 0. The molecule has 1 aliphatic rings. The monoisotopic (exact) mass is 308 g/mol. The van der Waals surface area contributed by atoms with Crippen molar-refractivity contribution in [3.8, 4) is 0 Å². The van der Waals surface area contributed by atoms with Crippen LogP contribution in [0.2, 0.25) is 0 Å². The molecular formula is C22H44. The zero-order valence-electron chi connectivity index (χ0n) is 16.9. The van der Waals surface area contributed by atoms with Gasteiger partial charge in [-0.3, -0.25) is 0 Å². The van der Waals surface area contributed by atoms with E-state index in [0.29, 0.717) is 0 Å². The Labute approximate surface area is 141 Å². The first-order valence-electron chi connectivity index (χ1n) is 10.3. The van der Waals surface area contributed by atoms with Gasteiger partial charge < -0.3 is 0 Å². The molecule has 7 atom stereocenters. The highest BCUT2D eigenvalue weighted by atomic mass is 14.5. The van der Waals surface area contributed by atoms with E-state index in [1.807, 2.05) is 0 Å². The van der Waals surface area contributed by atoms with E-state index in [9.17, 15) is 0 Å². The predicted molar refractivity (Wildman–Crippen MR) is 101 cm³/mol. The van der Waals surface area contributed by atoms with Crippen molar-refractivity contribution in [3.05, 3.63) is 0 Å². The van der Waals surface area contributed by atoms with E-state index in [-0.39, 0.29) is 0 Å². The maximum Gasteiger partial charge on any atom is -0.0355 e. The summed E-state index contributed by atoms with van der Waals surface area (Å²) in [5.41, 5.74) is 0. The van der Waals surface area contributed by atoms with Crippen LogP contribution in [0.4, 0.5) is 0 Å². The maximum absolute atomic E-state index is 2.53. The standard InChI is InChI=1S/C22H44/c1-9-16(5)19(8)22-14-20(22)12-11-17(6)21(10-2)18(7)13-15(3)4/h15-22H,9-14H2,1-8H3. The average Bonchev–Trinajstić information content (AvgIpc) is 3.22. The van der Waals surface area contributed by atoms with Crippen molar-refractivity contribution < 1.29 is 0 Å². The van der Waals surface area contributed by atoms with E-state index < -0.39 is 0 Å². The van der Waals surface area contributed by atoms with Crippen LogP contribution in [0.1, 0.15) is 93.9 Å². The van der Waals surface area contributed by atoms with Gasteiger partial charge in [0.15, 0.2) is 0 Å². The first-order valence-corrected chi connectivity index (χ1v) is 10.3. The van der Waals surface area contributed by atoms with Gasteiger partial charge >= 0.3 is 0 Å². The van der Waals surface area contributed by atoms with Crippen molar-refractivity contribution in [2.75, 3.05) is 0 Å². The van der Waals surface area contributed by atoms with Crippen molar-refractivity contribution in [1.82, 2.24) is 0 Å².